The summed E-state index contributed by atoms with van der Waals surface area (Å²) in [4.78, 5) is 28.3. The Morgan fingerprint density at radius 3 is 2.12 bits per heavy atom. The molecule has 0 spiro atoms. The van der Waals surface area contributed by atoms with Crippen molar-refractivity contribution in [1.82, 2.24) is 10.2 Å². The van der Waals surface area contributed by atoms with Crippen LogP contribution >= 0.6 is 0 Å². The molecule has 1 aliphatic rings. The highest BCUT2D eigenvalue weighted by molar-refractivity contribution is 5.89. The summed E-state index contributed by atoms with van der Waals surface area (Å²) in [6.45, 7) is 9.88. The molecule has 1 aliphatic heterocycles. The fourth-order valence-electron chi connectivity index (χ4n) is 3.17. The zero-order chi connectivity index (χ0) is 18.2. The lowest BCUT2D eigenvalue weighted by Gasteiger charge is -2.37. The predicted octanol–water partition coefficient (Wildman–Crippen LogP) is 2.91. The molecule has 0 aliphatic carbocycles. The number of anilines is 2. The third-order valence-corrected chi connectivity index (χ3v) is 4.75. The number of carbonyl (C=O) groups excluding carboxylic acids is 2. The van der Waals surface area contributed by atoms with Gasteiger partial charge in [-0.2, -0.15) is 0 Å². The molecule has 6 heteroatoms. The van der Waals surface area contributed by atoms with Crippen molar-refractivity contribution < 1.29 is 9.59 Å². The van der Waals surface area contributed by atoms with Crippen molar-refractivity contribution in [2.24, 2.45) is 5.92 Å². The second kappa shape index (κ2) is 9.30. The first kappa shape index (κ1) is 19.1. The molecule has 2 rings (SSSR count). The van der Waals surface area contributed by atoms with Gasteiger partial charge in [0.1, 0.15) is 0 Å². The molecular weight excluding hydrogens is 316 g/mol. The van der Waals surface area contributed by atoms with Crippen LogP contribution in [0.15, 0.2) is 24.3 Å². The van der Waals surface area contributed by atoms with Crippen LogP contribution in [0.5, 0.6) is 0 Å². The van der Waals surface area contributed by atoms with E-state index in [1.807, 2.05) is 36.1 Å². The number of amides is 3. The van der Waals surface area contributed by atoms with E-state index < -0.39 is 0 Å². The molecule has 1 fully saturated rings. The third kappa shape index (κ3) is 5.11. The largest absolute Gasteiger partial charge is 0.368 e. The van der Waals surface area contributed by atoms with Gasteiger partial charge in [-0.25, -0.2) is 4.79 Å². The molecule has 0 unspecified atom stereocenters. The lowest BCUT2D eigenvalue weighted by Crippen LogP contribution is -2.50. The maximum atomic E-state index is 12.5. The van der Waals surface area contributed by atoms with Crippen molar-refractivity contribution in [3.05, 3.63) is 24.3 Å². The van der Waals surface area contributed by atoms with Gasteiger partial charge in [0.2, 0.25) is 5.91 Å². The fourth-order valence-corrected chi connectivity index (χ4v) is 3.17. The van der Waals surface area contributed by atoms with Crippen molar-refractivity contribution in [1.29, 1.82) is 0 Å². The van der Waals surface area contributed by atoms with E-state index in [0.29, 0.717) is 12.5 Å². The zero-order valence-electron chi connectivity index (χ0n) is 15.5. The second-order valence-electron chi connectivity index (χ2n) is 6.36. The minimum absolute atomic E-state index is 0.158. The number of urea groups is 1. The van der Waals surface area contributed by atoms with Crippen molar-refractivity contribution in [2.75, 3.05) is 42.9 Å². The van der Waals surface area contributed by atoms with E-state index in [4.69, 9.17) is 0 Å². The molecular formula is C19H30N4O2. The van der Waals surface area contributed by atoms with Gasteiger partial charge < -0.3 is 20.4 Å². The van der Waals surface area contributed by atoms with Crippen molar-refractivity contribution >= 4 is 23.3 Å². The first-order valence-corrected chi connectivity index (χ1v) is 9.27. The molecule has 0 atom stereocenters. The average molecular weight is 346 g/mol. The molecule has 6 nitrogen and oxygen atoms in total. The lowest BCUT2D eigenvalue weighted by atomic mass is 10.0. The SMILES string of the molecule is CCNC(=O)Nc1ccc(N2CCN(C(=O)C(CC)CC)CC2)cc1. The van der Waals surface area contributed by atoms with Crippen molar-refractivity contribution in [3.8, 4) is 0 Å². The monoisotopic (exact) mass is 346 g/mol. The predicted molar refractivity (Wildman–Crippen MR) is 102 cm³/mol. The molecule has 25 heavy (non-hydrogen) atoms. The summed E-state index contributed by atoms with van der Waals surface area (Å²) in [5, 5.41) is 5.51. The number of hydrogen-bond acceptors (Lipinski definition) is 3. The Morgan fingerprint density at radius 2 is 1.60 bits per heavy atom. The van der Waals surface area contributed by atoms with E-state index in [9.17, 15) is 9.59 Å². The van der Waals surface area contributed by atoms with Gasteiger partial charge in [-0.05, 0) is 44.0 Å². The Bertz CT molecular complexity index is 561. The zero-order valence-corrected chi connectivity index (χ0v) is 15.5. The molecule has 0 saturated carbocycles. The molecule has 2 N–H and O–H groups in total. The third-order valence-electron chi connectivity index (χ3n) is 4.75. The second-order valence-corrected chi connectivity index (χ2v) is 6.36. The fraction of sp³-hybridized carbons (Fsp3) is 0.579. The number of nitrogens with one attached hydrogen (secondary N) is 2. The lowest BCUT2D eigenvalue weighted by molar-refractivity contribution is -0.136. The molecule has 0 radical (unpaired) electrons. The summed E-state index contributed by atoms with van der Waals surface area (Å²) in [6.07, 6.45) is 1.82. The van der Waals surface area contributed by atoms with Gasteiger partial charge in [0.25, 0.3) is 0 Å². The molecule has 0 aromatic heterocycles. The number of carbonyl (C=O) groups is 2. The van der Waals surface area contributed by atoms with Gasteiger partial charge >= 0.3 is 6.03 Å². The van der Waals surface area contributed by atoms with E-state index in [-0.39, 0.29) is 11.9 Å². The van der Waals surface area contributed by atoms with Crippen LogP contribution in [0.1, 0.15) is 33.6 Å². The number of nitrogens with zero attached hydrogens (tertiary/aromatic N) is 2. The minimum Gasteiger partial charge on any atom is -0.368 e. The van der Waals surface area contributed by atoms with Gasteiger partial charge in [0.15, 0.2) is 0 Å². The average Bonchev–Trinajstić information content (AvgIpc) is 2.63. The first-order chi connectivity index (χ1) is 12.1. The molecule has 1 aromatic carbocycles. The van der Waals surface area contributed by atoms with E-state index in [0.717, 1.165) is 50.4 Å². The quantitative estimate of drug-likeness (QED) is 0.832. The molecule has 3 amide bonds. The van der Waals surface area contributed by atoms with Gasteiger partial charge in [-0.15, -0.1) is 0 Å². The molecule has 1 heterocycles. The molecule has 0 bridgehead atoms. The Balaban J connectivity index is 1.88. The van der Waals surface area contributed by atoms with E-state index in [1.54, 1.807) is 0 Å². The number of rotatable bonds is 6. The number of piperazine rings is 1. The van der Waals surface area contributed by atoms with Crippen LogP contribution in [0.3, 0.4) is 0 Å². The summed E-state index contributed by atoms with van der Waals surface area (Å²) in [6, 6.07) is 7.65. The Hall–Kier alpha value is -2.24. The van der Waals surface area contributed by atoms with E-state index in [1.165, 1.54) is 0 Å². The highest BCUT2D eigenvalue weighted by atomic mass is 16.2. The van der Waals surface area contributed by atoms with E-state index in [2.05, 4.69) is 29.4 Å². The molecule has 1 saturated heterocycles. The van der Waals surface area contributed by atoms with Gasteiger partial charge in [-0.3, -0.25) is 4.79 Å². The summed E-state index contributed by atoms with van der Waals surface area (Å²) in [5.41, 5.74) is 1.90. The maximum absolute atomic E-state index is 12.5. The van der Waals surface area contributed by atoms with Crippen LogP contribution in [-0.4, -0.2) is 49.6 Å². The Kier molecular flexibility index (Phi) is 7.10. The Labute approximate surface area is 150 Å². The number of hydrogen-bond donors (Lipinski definition) is 2. The summed E-state index contributed by atoms with van der Waals surface area (Å²) in [7, 11) is 0. The molecule has 138 valence electrons. The first-order valence-electron chi connectivity index (χ1n) is 9.27. The highest BCUT2D eigenvalue weighted by Crippen LogP contribution is 2.21. The standard InChI is InChI=1S/C19H30N4O2/c1-4-15(5-2)18(24)23-13-11-22(12-14-23)17-9-7-16(8-10-17)21-19(25)20-6-3/h7-10,15H,4-6,11-14H2,1-3H3,(H2,20,21,25). The smallest absolute Gasteiger partial charge is 0.319 e. The summed E-state index contributed by atoms with van der Waals surface area (Å²) in [5.74, 6) is 0.456. The van der Waals surface area contributed by atoms with Crippen LogP contribution in [0.4, 0.5) is 16.2 Å². The van der Waals surface area contributed by atoms with Crippen molar-refractivity contribution in [2.45, 2.75) is 33.6 Å². The Morgan fingerprint density at radius 1 is 1.00 bits per heavy atom. The van der Waals surface area contributed by atoms with Crippen LogP contribution in [0.25, 0.3) is 0 Å². The summed E-state index contributed by atoms with van der Waals surface area (Å²) < 4.78 is 0. The van der Waals surface area contributed by atoms with Crippen LogP contribution in [-0.2, 0) is 4.79 Å². The highest BCUT2D eigenvalue weighted by Gasteiger charge is 2.25. The minimum atomic E-state index is -0.191. The van der Waals surface area contributed by atoms with Gasteiger partial charge in [0.05, 0.1) is 0 Å². The van der Waals surface area contributed by atoms with Crippen molar-refractivity contribution in [3.63, 3.8) is 0 Å². The maximum Gasteiger partial charge on any atom is 0.319 e. The molecule has 1 aromatic rings. The van der Waals surface area contributed by atoms with E-state index >= 15 is 0 Å². The van der Waals surface area contributed by atoms with Gasteiger partial charge in [0, 0.05) is 50.0 Å². The summed E-state index contributed by atoms with van der Waals surface area (Å²) >= 11 is 0. The normalized spacial score (nSPS) is 14.6. The van der Waals surface area contributed by atoms with Gasteiger partial charge in [-0.1, -0.05) is 13.8 Å². The number of benzene rings is 1. The van der Waals surface area contributed by atoms with Crippen LogP contribution in [0, 0.1) is 5.92 Å². The topological polar surface area (TPSA) is 64.7 Å². The van der Waals surface area contributed by atoms with Crippen LogP contribution in [0.2, 0.25) is 0 Å². The van der Waals surface area contributed by atoms with Crippen LogP contribution < -0.4 is 15.5 Å².